The summed E-state index contributed by atoms with van der Waals surface area (Å²) >= 11 is 0. The topological polar surface area (TPSA) is 29.5 Å². The number of fused-ring (bicyclic) bond motifs is 1. The van der Waals surface area contributed by atoms with Crippen LogP contribution in [0.15, 0.2) is 42.5 Å². The molecular weight excluding hydrogens is 252 g/mol. The van der Waals surface area contributed by atoms with Gasteiger partial charge in [-0.05, 0) is 22.9 Å². The summed E-state index contributed by atoms with van der Waals surface area (Å²) in [5, 5.41) is 2.33. The highest BCUT2D eigenvalue weighted by molar-refractivity contribution is 6.69. The molecule has 0 aliphatic carbocycles. The predicted octanol–water partition coefficient (Wildman–Crippen LogP) is 4.47. The number of benzene rings is 2. The van der Waals surface area contributed by atoms with Crippen LogP contribution in [0.5, 0.6) is 5.75 Å². The fourth-order valence-corrected chi connectivity index (χ4v) is 4.63. The molecule has 2 rings (SSSR count). The van der Waals surface area contributed by atoms with E-state index in [1.54, 1.807) is 0 Å². The van der Waals surface area contributed by atoms with Crippen LogP contribution in [-0.2, 0) is 0 Å². The van der Waals surface area contributed by atoms with Crippen LogP contribution in [0.4, 0.5) is 0 Å². The van der Waals surface area contributed by atoms with Crippen molar-refractivity contribution >= 4 is 19.3 Å². The lowest BCUT2D eigenvalue weighted by atomic mass is 10.1. The molecule has 19 heavy (non-hydrogen) atoms. The first-order chi connectivity index (χ1) is 8.93. The van der Waals surface area contributed by atoms with Crippen molar-refractivity contribution < 1.29 is 9.22 Å². The van der Waals surface area contributed by atoms with E-state index in [9.17, 15) is 4.80 Å². The zero-order valence-electron chi connectivity index (χ0n) is 12.1. The number of hydrogen-bond acceptors (Lipinski definition) is 2. The fourth-order valence-electron chi connectivity index (χ4n) is 2.32. The van der Waals surface area contributed by atoms with Crippen molar-refractivity contribution in [1.29, 1.82) is 0 Å². The first-order valence-electron chi connectivity index (χ1n) is 6.83. The van der Waals surface area contributed by atoms with Crippen LogP contribution in [0.25, 0.3) is 10.8 Å². The summed E-state index contributed by atoms with van der Waals surface area (Å²) in [5.41, 5.74) is 0.331. The van der Waals surface area contributed by atoms with Gasteiger partial charge in [-0.3, -0.25) is 0 Å². The Bertz CT molecular complexity index is 555. The molecule has 2 aromatic rings. The molecule has 0 saturated carbocycles. The van der Waals surface area contributed by atoms with Crippen molar-refractivity contribution in [2.24, 2.45) is 0 Å². The maximum atomic E-state index is 10.8. The number of hydrogen-bond donors (Lipinski definition) is 1. The molecule has 2 aromatic carbocycles. The summed E-state index contributed by atoms with van der Waals surface area (Å²) in [7, 11) is -2.73. The van der Waals surface area contributed by atoms with Crippen LogP contribution in [-0.4, -0.2) is 13.4 Å². The summed E-state index contributed by atoms with van der Waals surface area (Å²) in [6, 6.07) is 14.2. The second kappa shape index (κ2) is 5.35. The van der Waals surface area contributed by atoms with E-state index in [1.165, 1.54) is 5.39 Å². The highest BCUT2D eigenvalue weighted by Crippen LogP contribution is 2.33. The minimum atomic E-state index is -2.73. The summed E-state index contributed by atoms with van der Waals surface area (Å²) in [5.74, 6) is 0.773. The quantitative estimate of drug-likeness (QED) is 0.833. The first-order valence-corrected chi connectivity index (χ1v) is 8.84. The van der Waals surface area contributed by atoms with Gasteiger partial charge in [0.25, 0.3) is 0 Å². The Morgan fingerprint density at radius 3 is 2.05 bits per heavy atom. The molecule has 0 radical (unpaired) electrons. The van der Waals surface area contributed by atoms with Crippen molar-refractivity contribution in [3.63, 3.8) is 0 Å². The summed E-state index contributed by atoms with van der Waals surface area (Å²) < 4.78 is 6.03. The molecule has 3 heteroatoms. The van der Waals surface area contributed by atoms with Gasteiger partial charge in [0.15, 0.2) is 0 Å². The third-order valence-electron chi connectivity index (χ3n) is 3.66. The van der Waals surface area contributed by atoms with E-state index in [0.717, 1.165) is 11.1 Å². The number of rotatable bonds is 4. The second-order valence-corrected chi connectivity index (χ2v) is 9.69. The molecule has 0 atom stereocenters. The summed E-state index contributed by atoms with van der Waals surface area (Å²) in [4.78, 5) is 10.8. The van der Waals surface area contributed by atoms with E-state index in [-0.39, 0.29) is 11.1 Å². The fraction of sp³-hybridized carbons (Fsp3) is 0.375. The third-order valence-corrected chi connectivity index (χ3v) is 7.53. The van der Waals surface area contributed by atoms with Crippen molar-refractivity contribution in [2.45, 2.75) is 38.8 Å². The average Bonchev–Trinajstić information content (AvgIpc) is 2.38. The van der Waals surface area contributed by atoms with Gasteiger partial charge in [0.2, 0.25) is 0 Å². The molecule has 102 valence electrons. The lowest BCUT2D eigenvalue weighted by Gasteiger charge is -2.32. The SMILES string of the molecule is CC(C)[Si](O)(Oc1ccc2ccccc2c1)C(C)C. The Morgan fingerprint density at radius 1 is 0.895 bits per heavy atom. The molecule has 0 heterocycles. The maximum Gasteiger partial charge on any atom is 0.401 e. The van der Waals surface area contributed by atoms with Gasteiger partial charge in [-0.25, -0.2) is 0 Å². The van der Waals surface area contributed by atoms with Gasteiger partial charge in [-0.1, -0.05) is 58.0 Å². The molecular formula is C16H22O2Si. The normalized spacial score (nSPS) is 12.4. The van der Waals surface area contributed by atoms with Gasteiger partial charge in [-0.15, -0.1) is 0 Å². The van der Waals surface area contributed by atoms with Gasteiger partial charge < -0.3 is 9.22 Å². The van der Waals surface area contributed by atoms with Gasteiger partial charge in [-0.2, -0.15) is 0 Å². The average molecular weight is 274 g/mol. The molecule has 0 aromatic heterocycles. The van der Waals surface area contributed by atoms with Crippen LogP contribution in [0, 0.1) is 0 Å². The molecule has 0 spiro atoms. The molecule has 0 aliphatic heterocycles. The zero-order valence-corrected chi connectivity index (χ0v) is 13.1. The summed E-state index contributed by atoms with van der Waals surface area (Å²) in [6.45, 7) is 8.14. The Morgan fingerprint density at radius 2 is 1.47 bits per heavy atom. The van der Waals surface area contributed by atoms with Crippen LogP contribution in [0.3, 0.4) is 0 Å². The Kier molecular flexibility index (Phi) is 3.97. The van der Waals surface area contributed by atoms with Crippen molar-refractivity contribution in [1.82, 2.24) is 0 Å². The molecule has 0 unspecified atom stereocenters. The monoisotopic (exact) mass is 274 g/mol. The maximum absolute atomic E-state index is 10.8. The largest absolute Gasteiger partial charge is 0.520 e. The standard InChI is InChI=1S/C16H22O2Si/c1-12(2)19(17,13(3)4)18-16-10-9-14-7-5-6-8-15(14)11-16/h5-13,17H,1-4H3. The molecule has 0 bridgehead atoms. The van der Waals surface area contributed by atoms with Crippen LogP contribution >= 0.6 is 0 Å². The van der Waals surface area contributed by atoms with E-state index in [2.05, 4.69) is 12.1 Å². The van der Waals surface area contributed by atoms with E-state index >= 15 is 0 Å². The van der Waals surface area contributed by atoms with Crippen LogP contribution < -0.4 is 4.43 Å². The smallest absolute Gasteiger partial charge is 0.401 e. The highest BCUT2D eigenvalue weighted by atomic mass is 28.4. The second-order valence-electron chi connectivity index (χ2n) is 5.67. The van der Waals surface area contributed by atoms with Crippen molar-refractivity contribution in [2.75, 3.05) is 0 Å². The third kappa shape index (κ3) is 2.82. The molecule has 1 N–H and O–H groups in total. The van der Waals surface area contributed by atoms with Gasteiger partial charge in [0.05, 0.1) is 0 Å². The Hall–Kier alpha value is -1.32. The van der Waals surface area contributed by atoms with E-state index in [4.69, 9.17) is 4.43 Å². The van der Waals surface area contributed by atoms with Crippen molar-refractivity contribution in [3.05, 3.63) is 42.5 Å². The van der Waals surface area contributed by atoms with Gasteiger partial charge in [0, 0.05) is 11.1 Å². The van der Waals surface area contributed by atoms with E-state index in [1.807, 2.05) is 58.0 Å². The predicted molar refractivity (Wildman–Crippen MR) is 82.7 cm³/mol. The van der Waals surface area contributed by atoms with Crippen molar-refractivity contribution in [3.8, 4) is 5.75 Å². The lowest BCUT2D eigenvalue weighted by Crippen LogP contribution is -2.48. The molecule has 2 nitrogen and oxygen atoms in total. The van der Waals surface area contributed by atoms with Gasteiger partial charge in [0.1, 0.15) is 5.75 Å². The molecule has 0 amide bonds. The molecule has 0 aliphatic rings. The minimum Gasteiger partial charge on any atom is -0.520 e. The Labute approximate surface area is 116 Å². The van der Waals surface area contributed by atoms with E-state index in [0.29, 0.717) is 0 Å². The molecule has 0 fully saturated rings. The zero-order chi connectivity index (χ0) is 14.0. The van der Waals surface area contributed by atoms with E-state index < -0.39 is 8.56 Å². The lowest BCUT2D eigenvalue weighted by molar-refractivity contribution is 0.341. The Balaban J connectivity index is 2.34. The highest BCUT2D eigenvalue weighted by Gasteiger charge is 2.43. The molecule has 0 saturated heterocycles. The first kappa shape index (κ1) is 14.1. The summed E-state index contributed by atoms with van der Waals surface area (Å²) in [6.07, 6.45) is 0. The van der Waals surface area contributed by atoms with Crippen LogP contribution in [0.1, 0.15) is 27.7 Å². The minimum absolute atomic E-state index is 0.166. The van der Waals surface area contributed by atoms with Crippen LogP contribution in [0.2, 0.25) is 11.1 Å². The van der Waals surface area contributed by atoms with Gasteiger partial charge >= 0.3 is 8.56 Å².